The van der Waals surface area contributed by atoms with Crippen LogP contribution in [0.25, 0.3) is 0 Å². The lowest BCUT2D eigenvalue weighted by Crippen LogP contribution is -2.58. The first-order valence-corrected chi connectivity index (χ1v) is 10.5. The van der Waals surface area contributed by atoms with Gasteiger partial charge in [0.05, 0.1) is 12.0 Å². The van der Waals surface area contributed by atoms with Crippen molar-refractivity contribution < 1.29 is 14.3 Å². The van der Waals surface area contributed by atoms with Gasteiger partial charge in [0.1, 0.15) is 0 Å². The molecule has 3 heterocycles. The monoisotopic (exact) mass is 385 g/mol. The number of likely N-dealkylation sites (tertiary alicyclic amines) is 2. The summed E-state index contributed by atoms with van der Waals surface area (Å²) >= 11 is 0. The zero-order chi connectivity index (χ0) is 19.6. The predicted octanol–water partition coefficient (Wildman–Crippen LogP) is 2.63. The van der Waals surface area contributed by atoms with Crippen LogP contribution in [0.15, 0.2) is 24.5 Å². The number of pyridine rings is 1. The lowest BCUT2D eigenvalue weighted by Gasteiger charge is -2.51. The Bertz CT molecular complexity index is 719. The van der Waals surface area contributed by atoms with Crippen LogP contribution in [-0.4, -0.2) is 59.9 Å². The summed E-state index contributed by atoms with van der Waals surface area (Å²) in [7, 11) is 1.69. The molecule has 0 bridgehead atoms. The zero-order valence-electron chi connectivity index (χ0n) is 16.9. The van der Waals surface area contributed by atoms with Crippen molar-refractivity contribution in [3.05, 3.63) is 30.1 Å². The van der Waals surface area contributed by atoms with Crippen LogP contribution >= 0.6 is 0 Å². The third-order valence-corrected chi connectivity index (χ3v) is 7.00. The molecular formula is C22H31N3O3. The van der Waals surface area contributed by atoms with Crippen molar-refractivity contribution in [2.75, 3.05) is 33.4 Å². The molecule has 1 saturated carbocycles. The smallest absolute Gasteiger partial charge is 0.231 e. The van der Waals surface area contributed by atoms with Crippen LogP contribution in [0, 0.1) is 10.8 Å². The predicted molar refractivity (Wildman–Crippen MR) is 105 cm³/mol. The summed E-state index contributed by atoms with van der Waals surface area (Å²) in [5, 5.41) is 0. The molecule has 1 spiro atoms. The van der Waals surface area contributed by atoms with Crippen molar-refractivity contribution in [3.63, 3.8) is 0 Å². The number of aromatic nitrogens is 1. The molecule has 4 rings (SSSR count). The van der Waals surface area contributed by atoms with E-state index in [2.05, 4.69) is 9.88 Å². The zero-order valence-corrected chi connectivity index (χ0v) is 16.9. The van der Waals surface area contributed by atoms with Crippen LogP contribution in [0.5, 0.6) is 0 Å². The minimum atomic E-state index is -0.297. The molecule has 2 saturated heterocycles. The average Bonchev–Trinajstić information content (AvgIpc) is 2.68. The van der Waals surface area contributed by atoms with E-state index in [1.807, 2.05) is 17.0 Å². The van der Waals surface area contributed by atoms with Crippen LogP contribution in [0.4, 0.5) is 0 Å². The molecule has 0 radical (unpaired) electrons. The summed E-state index contributed by atoms with van der Waals surface area (Å²) in [6.45, 7) is 3.52. The number of hydrogen-bond acceptors (Lipinski definition) is 4. The van der Waals surface area contributed by atoms with Gasteiger partial charge in [-0.25, -0.2) is 0 Å². The lowest BCUT2D eigenvalue weighted by molar-refractivity contribution is -0.158. The van der Waals surface area contributed by atoms with E-state index < -0.39 is 0 Å². The van der Waals surface area contributed by atoms with Gasteiger partial charge >= 0.3 is 0 Å². The minimum absolute atomic E-state index is 0.0346. The molecule has 152 valence electrons. The fourth-order valence-electron chi connectivity index (χ4n) is 5.30. The van der Waals surface area contributed by atoms with E-state index in [1.54, 1.807) is 19.5 Å². The number of ether oxygens (including phenoxy) is 1. The Labute approximate surface area is 167 Å². The van der Waals surface area contributed by atoms with Crippen LogP contribution in [0.2, 0.25) is 0 Å². The number of rotatable bonds is 5. The second kappa shape index (κ2) is 7.82. The molecule has 1 aromatic rings. The van der Waals surface area contributed by atoms with Gasteiger partial charge in [-0.3, -0.25) is 14.6 Å². The quantitative estimate of drug-likeness (QED) is 0.782. The van der Waals surface area contributed by atoms with E-state index in [0.717, 1.165) is 63.7 Å². The van der Waals surface area contributed by atoms with Crippen molar-refractivity contribution in [2.24, 2.45) is 10.8 Å². The van der Waals surface area contributed by atoms with Gasteiger partial charge in [0.15, 0.2) is 0 Å². The first-order valence-electron chi connectivity index (χ1n) is 10.5. The van der Waals surface area contributed by atoms with E-state index >= 15 is 0 Å². The van der Waals surface area contributed by atoms with Crippen molar-refractivity contribution in [2.45, 2.75) is 51.5 Å². The minimum Gasteiger partial charge on any atom is -0.384 e. The molecule has 1 atom stereocenters. The number of piperidine rings is 2. The van der Waals surface area contributed by atoms with E-state index in [-0.39, 0.29) is 22.6 Å². The Kier molecular flexibility index (Phi) is 5.41. The Hall–Kier alpha value is -1.95. The second-order valence-electron chi connectivity index (χ2n) is 9.00. The largest absolute Gasteiger partial charge is 0.384 e. The van der Waals surface area contributed by atoms with Gasteiger partial charge in [-0.15, -0.1) is 0 Å². The summed E-state index contributed by atoms with van der Waals surface area (Å²) in [5.41, 5.74) is 0.846. The third-order valence-electron chi connectivity index (χ3n) is 7.00. The van der Waals surface area contributed by atoms with Gasteiger partial charge in [-0.2, -0.15) is 0 Å². The molecule has 0 N–H and O–H groups in total. The van der Waals surface area contributed by atoms with Gasteiger partial charge in [0.25, 0.3) is 0 Å². The summed E-state index contributed by atoms with van der Waals surface area (Å²) < 4.78 is 5.39. The van der Waals surface area contributed by atoms with Crippen LogP contribution in [-0.2, 0) is 20.9 Å². The molecule has 2 amide bonds. The molecule has 3 aliphatic rings. The summed E-state index contributed by atoms with van der Waals surface area (Å²) in [6, 6.07) is 3.94. The second-order valence-corrected chi connectivity index (χ2v) is 9.00. The van der Waals surface area contributed by atoms with Gasteiger partial charge in [0.2, 0.25) is 11.8 Å². The SMILES string of the molecule is COCC1(C(=O)N2CCC[C@@]3(CCC(=O)N(Cc4ccncc4)C3)C2)CCC1. The van der Waals surface area contributed by atoms with Crippen molar-refractivity contribution in [1.29, 1.82) is 0 Å². The highest BCUT2D eigenvalue weighted by Gasteiger charge is 2.49. The standard InChI is InChI=1S/C22H31N3O3/c1-28-17-22(8-2-9-22)20(27)24-13-3-7-21(15-24)10-4-19(26)25(16-21)14-18-5-11-23-12-6-18/h5-6,11-12H,2-4,7-10,13-17H2,1H3/t21-/m1/s1. The highest BCUT2D eigenvalue weighted by molar-refractivity contribution is 5.84. The maximum absolute atomic E-state index is 13.3. The van der Waals surface area contributed by atoms with E-state index in [0.29, 0.717) is 19.6 Å². The number of nitrogens with zero attached hydrogens (tertiary/aromatic N) is 3. The molecule has 3 fully saturated rings. The fraction of sp³-hybridized carbons (Fsp3) is 0.682. The number of carbonyl (C=O) groups is 2. The first kappa shape index (κ1) is 19.4. The van der Waals surface area contributed by atoms with Crippen molar-refractivity contribution in [3.8, 4) is 0 Å². The topological polar surface area (TPSA) is 62.7 Å². The summed E-state index contributed by atoms with van der Waals surface area (Å²) in [5.74, 6) is 0.498. The number of amides is 2. The van der Waals surface area contributed by atoms with Gasteiger partial charge < -0.3 is 14.5 Å². The summed E-state index contributed by atoms with van der Waals surface area (Å²) in [4.78, 5) is 34.0. The molecule has 2 aliphatic heterocycles. The molecule has 1 aliphatic carbocycles. The van der Waals surface area contributed by atoms with E-state index in [9.17, 15) is 9.59 Å². The Morgan fingerprint density at radius 2 is 1.93 bits per heavy atom. The molecule has 28 heavy (non-hydrogen) atoms. The van der Waals surface area contributed by atoms with E-state index in [4.69, 9.17) is 4.74 Å². The lowest BCUT2D eigenvalue weighted by atomic mass is 9.67. The van der Waals surface area contributed by atoms with E-state index in [1.165, 1.54) is 0 Å². The highest BCUT2D eigenvalue weighted by Crippen LogP contribution is 2.45. The van der Waals surface area contributed by atoms with Crippen LogP contribution in [0.3, 0.4) is 0 Å². The maximum atomic E-state index is 13.3. The number of hydrogen-bond donors (Lipinski definition) is 0. The molecule has 0 unspecified atom stereocenters. The van der Waals surface area contributed by atoms with Crippen LogP contribution < -0.4 is 0 Å². The number of carbonyl (C=O) groups excluding carboxylic acids is 2. The molecule has 6 heteroatoms. The Morgan fingerprint density at radius 1 is 1.14 bits per heavy atom. The summed E-state index contributed by atoms with van der Waals surface area (Å²) in [6.07, 6.45) is 10.1. The maximum Gasteiger partial charge on any atom is 0.231 e. The average molecular weight is 386 g/mol. The molecule has 1 aromatic heterocycles. The normalized spacial score (nSPS) is 27.0. The van der Waals surface area contributed by atoms with Gasteiger partial charge in [-0.1, -0.05) is 6.42 Å². The first-order chi connectivity index (χ1) is 13.6. The van der Waals surface area contributed by atoms with Gasteiger partial charge in [0, 0.05) is 57.5 Å². The Balaban J connectivity index is 1.46. The van der Waals surface area contributed by atoms with Gasteiger partial charge in [-0.05, 0) is 49.8 Å². The number of methoxy groups -OCH3 is 1. The van der Waals surface area contributed by atoms with Crippen molar-refractivity contribution in [1.82, 2.24) is 14.8 Å². The fourth-order valence-corrected chi connectivity index (χ4v) is 5.30. The van der Waals surface area contributed by atoms with Crippen LogP contribution in [0.1, 0.15) is 50.5 Å². The molecule has 6 nitrogen and oxygen atoms in total. The highest BCUT2D eigenvalue weighted by atomic mass is 16.5. The van der Waals surface area contributed by atoms with Crippen molar-refractivity contribution >= 4 is 11.8 Å². The third kappa shape index (κ3) is 3.66. The molecule has 0 aromatic carbocycles. The Morgan fingerprint density at radius 3 is 2.61 bits per heavy atom. The molecular weight excluding hydrogens is 354 g/mol.